The number of aromatic amines is 1. The molecule has 3 aromatic rings. The second-order valence-electron chi connectivity index (χ2n) is 7.46. The Morgan fingerprint density at radius 1 is 1.07 bits per heavy atom. The SMILES string of the molecule is COc1ccc(CN2CCC(c3nc(-c4ccccn4)cc(=O)[nH]3)CC2)c(OC)c1. The number of pyridine rings is 1. The maximum atomic E-state index is 12.2. The van der Waals surface area contributed by atoms with E-state index in [9.17, 15) is 4.79 Å². The highest BCUT2D eigenvalue weighted by atomic mass is 16.5. The molecule has 1 saturated heterocycles. The van der Waals surface area contributed by atoms with Crippen LogP contribution < -0.4 is 15.0 Å². The molecule has 2 aromatic heterocycles. The van der Waals surface area contributed by atoms with Crippen LogP contribution in [0.15, 0.2) is 53.5 Å². The maximum absolute atomic E-state index is 12.2. The lowest BCUT2D eigenvalue weighted by atomic mass is 9.95. The van der Waals surface area contributed by atoms with Crippen LogP contribution >= 0.6 is 0 Å². The minimum Gasteiger partial charge on any atom is -0.497 e. The van der Waals surface area contributed by atoms with Gasteiger partial charge in [0.1, 0.15) is 17.3 Å². The third-order valence-corrected chi connectivity index (χ3v) is 5.55. The van der Waals surface area contributed by atoms with E-state index in [1.54, 1.807) is 20.4 Å². The first kappa shape index (κ1) is 20.1. The predicted molar refractivity (Wildman–Crippen MR) is 115 cm³/mol. The lowest BCUT2D eigenvalue weighted by Gasteiger charge is -2.31. The van der Waals surface area contributed by atoms with Crippen molar-refractivity contribution in [2.45, 2.75) is 25.3 Å². The molecular weight excluding hydrogens is 380 g/mol. The molecule has 0 radical (unpaired) electrons. The Kier molecular flexibility index (Phi) is 6.09. The molecule has 7 nitrogen and oxygen atoms in total. The van der Waals surface area contributed by atoms with Crippen molar-refractivity contribution >= 4 is 0 Å². The number of hydrogen-bond donors (Lipinski definition) is 1. The average Bonchev–Trinajstić information content (AvgIpc) is 2.80. The van der Waals surface area contributed by atoms with Gasteiger partial charge in [-0.2, -0.15) is 0 Å². The first-order valence-electron chi connectivity index (χ1n) is 10.1. The molecule has 4 rings (SSSR count). The first-order valence-corrected chi connectivity index (χ1v) is 10.1. The normalized spacial score (nSPS) is 15.1. The van der Waals surface area contributed by atoms with Crippen LogP contribution in [0.4, 0.5) is 0 Å². The Labute approximate surface area is 175 Å². The molecular formula is C23H26N4O3. The Morgan fingerprint density at radius 2 is 1.90 bits per heavy atom. The van der Waals surface area contributed by atoms with Crippen molar-refractivity contribution in [1.29, 1.82) is 0 Å². The first-order chi connectivity index (χ1) is 14.7. The van der Waals surface area contributed by atoms with Gasteiger partial charge in [-0.25, -0.2) is 4.98 Å². The topological polar surface area (TPSA) is 80.3 Å². The van der Waals surface area contributed by atoms with Gasteiger partial charge in [0.25, 0.3) is 5.56 Å². The van der Waals surface area contributed by atoms with Crippen LogP contribution in [0.1, 0.15) is 30.1 Å². The summed E-state index contributed by atoms with van der Waals surface area (Å²) in [6.45, 7) is 2.67. The van der Waals surface area contributed by atoms with Gasteiger partial charge in [0.2, 0.25) is 0 Å². The summed E-state index contributed by atoms with van der Waals surface area (Å²) in [5.74, 6) is 2.61. The van der Waals surface area contributed by atoms with E-state index in [-0.39, 0.29) is 11.5 Å². The van der Waals surface area contributed by atoms with Gasteiger partial charge in [0, 0.05) is 36.4 Å². The van der Waals surface area contributed by atoms with Crippen LogP contribution in [0.2, 0.25) is 0 Å². The second kappa shape index (κ2) is 9.09. The summed E-state index contributed by atoms with van der Waals surface area (Å²) in [6.07, 6.45) is 3.59. The predicted octanol–water partition coefficient (Wildman–Crippen LogP) is 3.23. The van der Waals surface area contributed by atoms with Crippen LogP contribution in [0.25, 0.3) is 11.4 Å². The number of benzene rings is 1. The van der Waals surface area contributed by atoms with E-state index in [1.807, 2.05) is 30.3 Å². The zero-order valence-electron chi connectivity index (χ0n) is 17.3. The summed E-state index contributed by atoms with van der Waals surface area (Å²) in [4.78, 5) is 26.6. The fourth-order valence-electron chi connectivity index (χ4n) is 3.90. The van der Waals surface area contributed by atoms with Crippen molar-refractivity contribution in [3.05, 3.63) is 70.4 Å². The number of H-pyrrole nitrogens is 1. The molecule has 0 unspecified atom stereocenters. The molecule has 1 aliphatic rings. The number of piperidine rings is 1. The van der Waals surface area contributed by atoms with Crippen LogP contribution in [-0.2, 0) is 6.54 Å². The summed E-state index contributed by atoms with van der Waals surface area (Å²) in [7, 11) is 3.33. The van der Waals surface area contributed by atoms with E-state index in [0.717, 1.165) is 55.4 Å². The smallest absolute Gasteiger partial charge is 0.251 e. The summed E-state index contributed by atoms with van der Waals surface area (Å²) in [5.41, 5.74) is 2.35. The third-order valence-electron chi connectivity index (χ3n) is 5.55. The van der Waals surface area contributed by atoms with Crippen LogP contribution in [0.5, 0.6) is 11.5 Å². The number of ether oxygens (including phenoxy) is 2. The van der Waals surface area contributed by atoms with Crippen LogP contribution in [-0.4, -0.2) is 47.2 Å². The Hall–Kier alpha value is -3.19. The third kappa shape index (κ3) is 4.52. The Balaban J connectivity index is 1.44. The van der Waals surface area contributed by atoms with Crippen LogP contribution in [0.3, 0.4) is 0 Å². The van der Waals surface area contributed by atoms with Gasteiger partial charge in [0.15, 0.2) is 0 Å². The minimum absolute atomic E-state index is 0.133. The summed E-state index contributed by atoms with van der Waals surface area (Å²) in [6, 6.07) is 13.1. The number of nitrogens with one attached hydrogen (secondary N) is 1. The molecule has 30 heavy (non-hydrogen) atoms. The quantitative estimate of drug-likeness (QED) is 0.677. The largest absolute Gasteiger partial charge is 0.497 e. The second-order valence-corrected chi connectivity index (χ2v) is 7.46. The van der Waals surface area contributed by atoms with Gasteiger partial charge in [0.05, 0.1) is 25.6 Å². The molecule has 0 aliphatic carbocycles. The van der Waals surface area contributed by atoms with E-state index in [2.05, 4.69) is 20.9 Å². The molecule has 0 atom stereocenters. The molecule has 0 bridgehead atoms. The lowest BCUT2D eigenvalue weighted by molar-refractivity contribution is 0.199. The molecule has 0 amide bonds. The lowest BCUT2D eigenvalue weighted by Crippen LogP contribution is -2.33. The zero-order valence-corrected chi connectivity index (χ0v) is 17.3. The van der Waals surface area contributed by atoms with E-state index in [4.69, 9.17) is 14.5 Å². The van der Waals surface area contributed by atoms with Gasteiger partial charge in [-0.05, 0) is 44.1 Å². The van der Waals surface area contributed by atoms with E-state index in [0.29, 0.717) is 11.4 Å². The van der Waals surface area contributed by atoms with E-state index < -0.39 is 0 Å². The summed E-state index contributed by atoms with van der Waals surface area (Å²) < 4.78 is 10.8. The Bertz CT molecular complexity index is 1040. The molecule has 1 fully saturated rings. The fourth-order valence-corrected chi connectivity index (χ4v) is 3.90. The van der Waals surface area contributed by atoms with Crippen LogP contribution in [0, 0.1) is 0 Å². The molecule has 1 N–H and O–H groups in total. The fraction of sp³-hybridized carbons (Fsp3) is 0.348. The maximum Gasteiger partial charge on any atom is 0.251 e. The van der Waals surface area contributed by atoms with E-state index >= 15 is 0 Å². The molecule has 0 spiro atoms. The number of nitrogens with zero attached hydrogens (tertiary/aromatic N) is 3. The van der Waals surface area contributed by atoms with Crippen molar-refractivity contribution in [2.75, 3.05) is 27.3 Å². The Morgan fingerprint density at radius 3 is 2.60 bits per heavy atom. The molecule has 3 heterocycles. The van der Waals surface area contributed by atoms with Crippen molar-refractivity contribution in [1.82, 2.24) is 19.9 Å². The van der Waals surface area contributed by atoms with Gasteiger partial charge in [-0.15, -0.1) is 0 Å². The van der Waals surface area contributed by atoms with E-state index in [1.165, 1.54) is 6.07 Å². The van der Waals surface area contributed by atoms with Crippen molar-refractivity contribution in [3.8, 4) is 22.9 Å². The van der Waals surface area contributed by atoms with Gasteiger partial charge in [-0.3, -0.25) is 14.7 Å². The minimum atomic E-state index is -0.133. The number of likely N-dealkylation sites (tertiary alicyclic amines) is 1. The number of hydrogen-bond acceptors (Lipinski definition) is 6. The molecule has 156 valence electrons. The number of aromatic nitrogens is 3. The van der Waals surface area contributed by atoms with Gasteiger partial charge >= 0.3 is 0 Å². The molecule has 1 aliphatic heterocycles. The monoisotopic (exact) mass is 406 g/mol. The summed E-state index contributed by atoms with van der Waals surface area (Å²) >= 11 is 0. The highest BCUT2D eigenvalue weighted by Crippen LogP contribution is 2.30. The van der Waals surface area contributed by atoms with Crippen molar-refractivity contribution in [3.63, 3.8) is 0 Å². The standard InChI is InChI=1S/C23H26N4O3/c1-29-18-7-6-17(21(13-18)30-2)15-27-11-8-16(9-12-27)23-25-20(14-22(28)26-23)19-5-3-4-10-24-19/h3-7,10,13-14,16H,8-9,11-12,15H2,1-2H3,(H,25,26,28). The van der Waals surface area contributed by atoms with Gasteiger partial charge in [-0.1, -0.05) is 12.1 Å². The number of rotatable bonds is 6. The highest BCUT2D eigenvalue weighted by Gasteiger charge is 2.24. The average molecular weight is 406 g/mol. The number of methoxy groups -OCH3 is 2. The van der Waals surface area contributed by atoms with Crippen molar-refractivity contribution < 1.29 is 9.47 Å². The zero-order chi connectivity index (χ0) is 20.9. The molecule has 1 aromatic carbocycles. The van der Waals surface area contributed by atoms with Gasteiger partial charge < -0.3 is 14.5 Å². The summed E-state index contributed by atoms with van der Waals surface area (Å²) in [5, 5.41) is 0. The highest BCUT2D eigenvalue weighted by molar-refractivity contribution is 5.52. The molecule has 0 saturated carbocycles. The molecule has 7 heteroatoms. The van der Waals surface area contributed by atoms with Crippen molar-refractivity contribution in [2.24, 2.45) is 0 Å².